The molecule has 1 heterocycles. The predicted molar refractivity (Wildman–Crippen MR) is 89.5 cm³/mol. The summed E-state index contributed by atoms with van der Waals surface area (Å²) < 4.78 is 4.69. The molecule has 0 fully saturated rings. The van der Waals surface area contributed by atoms with Gasteiger partial charge >= 0.3 is 6.09 Å². The summed E-state index contributed by atoms with van der Waals surface area (Å²) in [7, 11) is 1.25. The van der Waals surface area contributed by atoms with E-state index in [-0.39, 0.29) is 5.91 Å². The number of ether oxygens (including phenoxy) is 1. The van der Waals surface area contributed by atoms with Gasteiger partial charge < -0.3 is 4.74 Å². The molecule has 0 aliphatic carbocycles. The number of hydrogen-bond donors (Lipinski definition) is 1. The van der Waals surface area contributed by atoms with Crippen LogP contribution in [0.3, 0.4) is 0 Å². The number of benzene rings is 2. The number of hydrazine groups is 1. The van der Waals surface area contributed by atoms with E-state index in [1.54, 1.807) is 0 Å². The number of anilines is 1. The third-order valence-electron chi connectivity index (χ3n) is 4.05. The molecule has 2 amide bonds. The number of carbonyl (C=O) groups excluding carboxylic acids is 2. The van der Waals surface area contributed by atoms with Gasteiger partial charge in [-0.05, 0) is 35.2 Å². The summed E-state index contributed by atoms with van der Waals surface area (Å²) >= 11 is 5.81. The molecule has 0 unspecified atom stereocenters. The lowest BCUT2D eigenvalue weighted by atomic mass is 9.86. The first-order valence-corrected chi connectivity index (χ1v) is 7.97. The van der Waals surface area contributed by atoms with Crippen molar-refractivity contribution >= 4 is 40.1 Å². The number of amides is 2. The Hall–Kier alpha value is -2.27. The van der Waals surface area contributed by atoms with Gasteiger partial charge in [-0.25, -0.2) is 4.79 Å². The van der Waals surface area contributed by atoms with Gasteiger partial charge in [-0.2, -0.15) is 5.01 Å². The van der Waals surface area contributed by atoms with Crippen LogP contribution >= 0.6 is 11.6 Å². The fraction of sp³-hybridized carbons (Fsp3) is 0.294. The normalized spacial score (nSPS) is 16.9. The van der Waals surface area contributed by atoms with E-state index in [9.17, 15) is 9.59 Å². The minimum atomic E-state index is -0.718. The van der Waals surface area contributed by atoms with E-state index in [1.165, 1.54) is 7.11 Å². The molecule has 2 aromatic rings. The van der Waals surface area contributed by atoms with Crippen LogP contribution in [-0.2, 0) is 9.53 Å². The van der Waals surface area contributed by atoms with Crippen molar-refractivity contribution in [2.75, 3.05) is 18.4 Å². The van der Waals surface area contributed by atoms with Crippen molar-refractivity contribution in [3.8, 4) is 0 Å². The maximum absolute atomic E-state index is 12.8. The highest BCUT2D eigenvalue weighted by Crippen LogP contribution is 2.39. The zero-order valence-corrected chi connectivity index (χ0v) is 13.5. The molecule has 1 aliphatic heterocycles. The molecule has 2 aromatic carbocycles. The molecule has 0 saturated carbocycles. The highest BCUT2D eigenvalue weighted by atomic mass is 35.5. The number of alkyl halides is 1. The number of rotatable bonds is 3. The first-order valence-electron chi connectivity index (χ1n) is 7.43. The lowest BCUT2D eigenvalue weighted by Gasteiger charge is -2.33. The van der Waals surface area contributed by atoms with E-state index in [1.807, 2.05) is 36.4 Å². The molecular formula is C17H17ClN2O3. The van der Waals surface area contributed by atoms with Gasteiger partial charge in [-0.1, -0.05) is 30.3 Å². The quantitative estimate of drug-likeness (QED) is 0.867. The molecule has 0 saturated heterocycles. The van der Waals surface area contributed by atoms with Crippen molar-refractivity contribution in [3.63, 3.8) is 0 Å². The van der Waals surface area contributed by atoms with Crippen LogP contribution in [0.2, 0.25) is 0 Å². The molecule has 3 rings (SSSR count). The predicted octanol–water partition coefficient (Wildman–Crippen LogP) is 3.88. The number of nitrogens with one attached hydrogen (secondary N) is 1. The lowest BCUT2D eigenvalue weighted by molar-refractivity contribution is -0.130. The fourth-order valence-corrected chi connectivity index (χ4v) is 3.15. The maximum atomic E-state index is 12.8. The highest BCUT2D eigenvalue weighted by Gasteiger charge is 2.37. The largest absolute Gasteiger partial charge is 0.451 e. The third-order valence-corrected chi connectivity index (χ3v) is 4.32. The van der Waals surface area contributed by atoms with Crippen molar-refractivity contribution < 1.29 is 14.3 Å². The van der Waals surface area contributed by atoms with Gasteiger partial charge in [-0.3, -0.25) is 10.2 Å². The Morgan fingerprint density at radius 1 is 1.30 bits per heavy atom. The van der Waals surface area contributed by atoms with Crippen LogP contribution in [-0.4, -0.2) is 30.0 Å². The van der Waals surface area contributed by atoms with Crippen LogP contribution in [0.15, 0.2) is 36.4 Å². The fourth-order valence-electron chi connectivity index (χ4n) is 3.00. The van der Waals surface area contributed by atoms with Crippen LogP contribution in [0, 0.1) is 0 Å². The number of fused-ring (bicyclic) bond motifs is 3. The Labute approximate surface area is 139 Å². The number of imide groups is 1. The summed E-state index contributed by atoms with van der Waals surface area (Å²) in [6, 6.07) is 11.7. The van der Waals surface area contributed by atoms with E-state index in [4.69, 9.17) is 16.3 Å². The maximum Gasteiger partial charge on any atom is 0.435 e. The number of halogens is 1. The van der Waals surface area contributed by atoms with E-state index < -0.39 is 12.0 Å². The topological polar surface area (TPSA) is 58.6 Å². The molecule has 0 bridgehead atoms. The Balaban J connectivity index is 2.14. The smallest absolute Gasteiger partial charge is 0.435 e. The second-order valence-electron chi connectivity index (χ2n) is 5.39. The molecule has 1 N–H and O–H groups in total. The Kier molecular flexibility index (Phi) is 4.39. The minimum Gasteiger partial charge on any atom is -0.451 e. The van der Waals surface area contributed by atoms with Gasteiger partial charge in [0.15, 0.2) is 0 Å². The first-order chi connectivity index (χ1) is 11.2. The number of hydrogen-bond acceptors (Lipinski definition) is 4. The minimum absolute atomic E-state index is 0.314. The van der Waals surface area contributed by atoms with Crippen molar-refractivity contribution in [1.29, 1.82) is 0 Å². The molecular weight excluding hydrogens is 316 g/mol. The van der Waals surface area contributed by atoms with Crippen LogP contribution in [0.4, 0.5) is 10.5 Å². The number of nitrogens with zero attached hydrogens (tertiary/aromatic N) is 1. The highest BCUT2D eigenvalue weighted by molar-refractivity contribution is 6.17. The standard InChI is InChI=1S/C17H17ClN2O3/c1-23-17(22)20-16(21)13(7-4-10-18)15-12-6-3-2-5-11(12)8-9-14(15)19-20/h2-3,5-6,8-9,13,19H,4,7,10H2,1H3/t13-/m1/s1. The SMILES string of the molecule is COC(=O)N1Nc2ccc3ccccc3c2[C@@H](CCCCl)C1=O. The molecule has 0 aromatic heterocycles. The summed E-state index contributed by atoms with van der Waals surface area (Å²) in [6.45, 7) is 0. The Morgan fingerprint density at radius 3 is 2.83 bits per heavy atom. The van der Waals surface area contributed by atoms with E-state index >= 15 is 0 Å². The zero-order chi connectivity index (χ0) is 16.4. The summed E-state index contributed by atoms with van der Waals surface area (Å²) in [4.78, 5) is 24.6. The average Bonchev–Trinajstić information content (AvgIpc) is 2.59. The molecule has 0 spiro atoms. The average molecular weight is 333 g/mol. The second-order valence-corrected chi connectivity index (χ2v) is 5.77. The molecule has 1 atom stereocenters. The van der Waals surface area contributed by atoms with Gasteiger partial charge in [0.25, 0.3) is 5.91 Å². The van der Waals surface area contributed by atoms with Crippen molar-refractivity contribution in [3.05, 3.63) is 42.0 Å². The summed E-state index contributed by atoms with van der Waals surface area (Å²) in [5.74, 6) is -0.267. The lowest BCUT2D eigenvalue weighted by Crippen LogP contribution is -2.47. The molecule has 5 nitrogen and oxygen atoms in total. The molecule has 23 heavy (non-hydrogen) atoms. The first kappa shape index (κ1) is 15.6. The molecule has 6 heteroatoms. The Morgan fingerprint density at radius 2 is 2.09 bits per heavy atom. The Bertz CT molecular complexity index is 763. The van der Waals surface area contributed by atoms with Gasteiger partial charge in [0, 0.05) is 5.88 Å². The zero-order valence-electron chi connectivity index (χ0n) is 12.7. The molecule has 0 radical (unpaired) electrons. The van der Waals surface area contributed by atoms with E-state index in [0.717, 1.165) is 27.0 Å². The van der Waals surface area contributed by atoms with Crippen LogP contribution in [0.1, 0.15) is 24.3 Å². The van der Waals surface area contributed by atoms with Crippen molar-refractivity contribution in [1.82, 2.24) is 5.01 Å². The van der Waals surface area contributed by atoms with Gasteiger partial charge in [0.2, 0.25) is 0 Å². The van der Waals surface area contributed by atoms with E-state index in [2.05, 4.69) is 5.43 Å². The van der Waals surface area contributed by atoms with Gasteiger partial charge in [-0.15, -0.1) is 11.6 Å². The van der Waals surface area contributed by atoms with Crippen molar-refractivity contribution in [2.24, 2.45) is 0 Å². The monoisotopic (exact) mass is 332 g/mol. The van der Waals surface area contributed by atoms with Crippen molar-refractivity contribution in [2.45, 2.75) is 18.8 Å². The molecule has 120 valence electrons. The molecule has 1 aliphatic rings. The summed E-state index contributed by atoms with van der Waals surface area (Å²) in [5.41, 5.74) is 4.53. The van der Waals surface area contributed by atoms with Gasteiger partial charge in [0.1, 0.15) is 0 Å². The van der Waals surface area contributed by atoms with E-state index in [0.29, 0.717) is 18.7 Å². The summed E-state index contributed by atoms with van der Waals surface area (Å²) in [6.07, 6.45) is 0.554. The number of methoxy groups -OCH3 is 1. The van der Waals surface area contributed by atoms with Crippen LogP contribution < -0.4 is 5.43 Å². The number of carbonyl (C=O) groups is 2. The van der Waals surface area contributed by atoms with Crippen LogP contribution in [0.5, 0.6) is 0 Å². The summed E-state index contributed by atoms with van der Waals surface area (Å²) in [5, 5.41) is 3.01. The van der Waals surface area contributed by atoms with Crippen LogP contribution in [0.25, 0.3) is 10.8 Å². The van der Waals surface area contributed by atoms with Gasteiger partial charge in [0.05, 0.1) is 18.7 Å². The third kappa shape index (κ3) is 2.72. The second kappa shape index (κ2) is 6.46.